The van der Waals surface area contributed by atoms with Crippen LogP contribution in [0.25, 0.3) is 0 Å². The number of amides is 1. The summed E-state index contributed by atoms with van der Waals surface area (Å²) in [5.74, 6) is 1.25. The molecular formula is C21H26N2O3. The van der Waals surface area contributed by atoms with Gasteiger partial charge in [0.05, 0.1) is 24.2 Å². The van der Waals surface area contributed by atoms with Crippen molar-refractivity contribution < 1.29 is 14.6 Å². The molecule has 1 N–H and O–H groups in total. The van der Waals surface area contributed by atoms with Gasteiger partial charge in [-0.1, -0.05) is 18.2 Å². The molecule has 5 aliphatic rings. The second-order valence-corrected chi connectivity index (χ2v) is 9.07. The van der Waals surface area contributed by atoms with Gasteiger partial charge in [-0.15, -0.1) is 0 Å². The fourth-order valence-electron chi connectivity index (χ4n) is 7.45. The van der Waals surface area contributed by atoms with Crippen molar-refractivity contribution in [3.05, 3.63) is 29.8 Å². The first-order valence-corrected chi connectivity index (χ1v) is 9.97. The molecule has 6 rings (SSSR count). The number of carbonyl (C=O) groups is 1. The summed E-state index contributed by atoms with van der Waals surface area (Å²) in [6, 6.07) is 8.27. The third kappa shape index (κ3) is 1.47. The first-order valence-electron chi connectivity index (χ1n) is 9.97. The standard InChI is InChI=1S/C21H26N2O3/c1-12-15-10-22-8-7-20-17-5-3-4-6-18(17)23(13(2)24)19(20)16(11-26-12)14(15)9-21(20,22)25/h3-6,12,14-16,19,25H,7-11H2,1-2H3. The minimum atomic E-state index is -0.841. The molecule has 4 aliphatic heterocycles. The zero-order valence-electron chi connectivity index (χ0n) is 15.4. The van der Waals surface area contributed by atoms with Crippen LogP contribution in [0.15, 0.2) is 24.3 Å². The lowest BCUT2D eigenvalue weighted by molar-refractivity contribution is -0.249. The van der Waals surface area contributed by atoms with Crippen LogP contribution >= 0.6 is 0 Å². The maximum absolute atomic E-state index is 12.8. The van der Waals surface area contributed by atoms with Crippen LogP contribution in [0, 0.1) is 17.8 Å². The Morgan fingerprint density at radius 1 is 1.27 bits per heavy atom. The van der Waals surface area contributed by atoms with Gasteiger partial charge in [-0.2, -0.15) is 0 Å². The number of ether oxygens (including phenoxy) is 1. The number of hydrogen-bond donors (Lipinski definition) is 1. The first-order chi connectivity index (χ1) is 12.5. The molecule has 0 radical (unpaired) electrons. The van der Waals surface area contributed by atoms with Crippen molar-refractivity contribution >= 4 is 11.6 Å². The molecule has 5 heteroatoms. The summed E-state index contributed by atoms with van der Waals surface area (Å²) in [6.07, 6.45) is 1.95. The monoisotopic (exact) mass is 354 g/mol. The first kappa shape index (κ1) is 15.6. The van der Waals surface area contributed by atoms with E-state index in [2.05, 4.69) is 30.0 Å². The molecule has 1 aromatic carbocycles. The predicted molar refractivity (Wildman–Crippen MR) is 96.7 cm³/mol. The smallest absolute Gasteiger partial charge is 0.224 e. The van der Waals surface area contributed by atoms with Crippen LogP contribution in [0.2, 0.25) is 0 Å². The number of para-hydroxylation sites is 1. The van der Waals surface area contributed by atoms with E-state index in [0.29, 0.717) is 24.4 Å². The third-order valence-electron chi connectivity index (χ3n) is 8.39. The molecule has 7 unspecified atom stereocenters. The highest BCUT2D eigenvalue weighted by Crippen LogP contribution is 2.67. The van der Waals surface area contributed by atoms with Crippen molar-refractivity contribution in [3.63, 3.8) is 0 Å². The van der Waals surface area contributed by atoms with Gasteiger partial charge in [0.15, 0.2) is 0 Å². The molecule has 1 amide bonds. The summed E-state index contributed by atoms with van der Waals surface area (Å²) in [7, 11) is 0. The van der Waals surface area contributed by atoms with E-state index in [1.807, 2.05) is 11.0 Å². The minimum Gasteiger partial charge on any atom is -0.378 e. The summed E-state index contributed by atoms with van der Waals surface area (Å²) in [5, 5.41) is 12.1. The highest BCUT2D eigenvalue weighted by Gasteiger charge is 2.76. The Labute approximate surface area is 153 Å². The molecule has 138 valence electrons. The summed E-state index contributed by atoms with van der Waals surface area (Å²) < 4.78 is 6.22. The van der Waals surface area contributed by atoms with Gasteiger partial charge in [0.1, 0.15) is 5.72 Å². The van der Waals surface area contributed by atoms with E-state index >= 15 is 0 Å². The number of carbonyl (C=O) groups excluding carboxylic acids is 1. The molecule has 5 nitrogen and oxygen atoms in total. The van der Waals surface area contributed by atoms with Crippen LogP contribution in [0.3, 0.4) is 0 Å². The second kappa shape index (κ2) is 4.70. The van der Waals surface area contributed by atoms with Crippen molar-refractivity contribution in [2.24, 2.45) is 17.8 Å². The Hall–Kier alpha value is -1.43. The maximum atomic E-state index is 12.8. The van der Waals surface area contributed by atoms with Gasteiger partial charge in [-0.3, -0.25) is 9.69 Å². The summed E-state index contributed by atoms with van der Waals surface area (Å²) in [5.41, 5.74) is 0.946. The Kier molecular flexibility index (Phi) is 2.82. The topological polar surface area (TPSA) is 53.0 Å². The van der Waals surface area contributed by atoms with Crippen molar-refractivity contribution in [1.29, 1.82) is 0 Å². The number of piperidine rings is 1. The molecule has 1 aromatic rings. The maximum Gasteiger partial charge on any atom is 0.224 e. The Morgan fingerprint density at radius 3 is 2.88 bits per heavy atom. The van der Waals surface area contributed by atoms with Gasteiger partial charge in [0.25, 0.3) is 0 Å². The summed E-state index contributed by atoms with van der Waals surface area (Å²) in [6.45, 7) is 6.35. The SMILES string of the molecule is CC(=O)N1c2ccccc2C23CCN4CC5C(C)OCC(C5CC42O)C13. The number of aliphatic hydroxyl groups is 1. The Bertz CT molecular complexity index is 812. The van der Waals surface area contributed by atoms with Gasteiger partial charge >= 0.3 is 0 Å². The number of benzene rings is 1. The van der Waals surface area contributed by atoms with Crippen LogP contribution in [0.1, 0.15) is 32.3 Å². The van der Waals surface area contributed by atoms with Gasteiger partial charge < -0.3 is 14.7 Å². The molecule has 1 spiro atoms. The van der Waals surface area contributed by atoms with Crippen LogP contribution in [0.5, 0.6) is 0 Å². The van der Waals surface area contributed by atoms with Gasteiger partial charge in [0, 0.05) is 37.5 Å². The number of anilines is 1. The van der Waals surface area contributed by atoms with E-state index in [4.69, 9.17) is 4.74 Å². The van der Waals surface area contributed by atoms with E-state index in [-0.39, 0.29) is 23.5 Å². The molecule has 0 aromatic heterocycles. The number of fused-ring (bicyclic) bond motifs is 2. The zero-order chi connectivity index (χ0) is 17.8. The number of nitrogens with zero attached hydrogens (tertiary/aromatic N) is 2. The Morgan fingerprint density at radius 2 is 2.08 bits per heavy atom. The largest absolute Gasteiger partial charge is 0.378 e. The average Bonchev–Trinajstić information content (AvgIpc) is 3.10. The molecule has 26 heavy (non-hydrogen) atoms. The molecule has 4 fully saturated rings. The van der Waals surface area contributed by atoms with E-state index in [1.54, 1.807) is 6.92 Å². The highest BCUT2D eigenvalue weighted by atomic mass is 16.5. The quantitative estimate of drug-likeness (QED) is 0.771. The third-order valence-corrected chi connectivity index (χ3v) is 8.39. The second-order valence-electron chi connectivity index (χ2n) is 9.07. The molecular weight excluding hydrogens is 328 g/mol. The van der Waals surface area contributed by atoms with Gasteiger partial charge in [-0.25, -0.2) is 0 Å². The lowest BCUT2D eigenvalue weighted by Crippen LogP contribution is -2.75. The predicted octanol–water partition coefficient (Wildman–Crippen LogP) is 1.74. The normalized spacial score (nSPS) is 48.3. The molecule has 4 heterocycles. The highest BCUT2D eigenvalue weighted by molar-refractivity contribution is 5.96. The van der Waals surface area contributed by atoms with E-state index in [9.17, 15) is 9.90 Å². The molecule has 1 saturated carbocycles. The lowest BCUT2D eigenvalue weighted by atomic mass is 9.51. The number of hydrogen-bond acceptors (Lipinski definition) is 4. The fraction of sp³-hybridized carbons (Fsp3) is 0.667. The van der Waals surface area contributed by atoms with Crippen LogP contribution < -0.4 is 4.90 Å². The molecule has 1 aliphatic carbocycles. The molecule has 7 atom stereocenters. The summed E-state index contributed by atoms with van der Waals surface area (Å²) in [4.78, 5) is 17.1. The van der Waals surface area contributed by atoms with Gasteiger partial charge in [0.2, 0.25) is 5.91 Å². The summed E-state index contributed by atoms with van der Waals surface area (Å²) >= 11 is 0. The van der Waals surface area contributed by atoms with Crippen LogP contribution in [-0.2, 0) is 14.9 Å². The molecule has 2 bridgehead atoms. The average molecular weight is 354 g/mol. The van der Waals surface area contributed by atoms with E-state index in [1.165, 1.54) is 5.56 Å². The van der Waals surface area contributed by atoms with Crippen LogP contribution in [0.4, 0.5) is 5.69 Å². The lowest BCUT2D eigenvalue weighted by Gasteiger charge is -2.64. The van der Waals surface area contributed by atoms with Crippen molar-refractivity contribution in [3.8, 4) is 0 Å². The van der Waals surface area contributed by atoms with Gasteiger partial charge in [-0.05, 0) is 37.3 Å². The van der Waals surface area contributed by atoms with Crippen molar-refractivity contribution in [2.45, 2.75) is 50.0 Å². The Balaban J connectivity index is 1.64. The van der Waals surface area contributed by atoms with Crippen molar-refractivity contribution in [2.75, 3.05) is 24.6 Å². The minimum absolute atomic E-state index is 0.00134. The van der Waals surface area contributed by atoms with E-state index in [0.717, 1.165) is 31.6 Å². The fourth-order valence-corrected chi connectivity index (χ4v) is 7.45. The van der Waals surface area contributed by atoms with Crippen LogP contribution in [-0.4, -0.2) is 53.5 Å². The van der Waals surface area contributed by atoms with Crippen molar-refractivity contribution in [1.82, 2.24) is 4.90 Å². The zero-order valence-corrected chi connectivity index (χ0v) is 15.4. The molecule has 3 saturated heterocycles. The van der Waals surface area contributed by atoms with E-state index < -0.39 is 5.72 Å². The number of rotatable bonds is 0.